The van der Waals surface area contributed by atoms with Gasteiger partial charge in [0.1, 0.15) is 5.54 Å². The minimum Gasteiger partial charge on any atom is -0.281 e. The fraction of sp³-hybridized carbons (Fsp3) is 0.440. The summed E-state index contributed by atoms with van der Waals surface area (Å²) >= 11 is 0. The zero-order valence-corrected chi connectivity index (χ0v) is 15.5. The van der Waals surface area contributed by atoms with Crippen LogP contribution < -0.4 is 0 Å². The second kappa shape index (κ2) is 3.87. The first-order chi connectivity index (χ1) is 12.7. The van der Waals surface area contributed by atoms with E-state index >= 15 is 0 Å². The Hall–Kier alpha value is -1.86. The van der Waals surface area contributed by atoms with E-state index in [1.165, 1.54) is 30.2 Å². The summed E-state index contributed by atoms with van der Waals surface area (Å²) in [6, 6.07) is 19.7. The summed E-state index contributed by atoms with van der Waals surface area (Å²) in [5.41, 5.74) is 7.33. The molecule has 5 aliphatic rings. The normalized spacial score (nSPS) is 45.2. The molecule has 1 heteroatoms. The van der Waals surface area contributed by atoms with Crippen molar-refractivity contribution in [1.29, 1.82) is 0 Å². The van der Waals surface area contributed by atoms with E-state index < -0.39 is 0 Å². The van der Waals surface area contributed by atoms with E-state index in [2.05, 4.69) is 68.1 Å². The number of nitrogens with zero attached hydrogens (tertiary/aromatic N) is 1. The smallest absolute Gasteiger partial charge is 0.183 e. The van der Waals surface area contributed by atoms with E-state index in [4.69, 9.17) is 0 Å². The third-order valence-electron chi connectivity index (χ3n) is 9.14. The third kappa shape index (κ3) is 1.03. The Kier molecular flexibility index (Phi) is 2.12. The van der Waals surface area contributed by atoms with Crippen molar-refractivity contribution in [2.75, 3.05) is 0 Å². The average molecular weight is 340 g/mol. The first-order valence-electron chi connectivity index (χ1n) is 10.4. The van der Waals surface area contributed by atoms with Crippen LogP contribution in [0.25, 0.3) is 0 Å². The highest BCUT2D eigenvalue weighted by atomic mass is 15.7. The summed E-state index contributed by atoms with van der Waals surface area (Å²) in [5, 5.41) is 0. The van der Waals surface area contributed by atoms with Gasteiger partial charge in [0.15, 0.2) is 17.1 Å². The lowest BCUT2D eigenvalue weighted by Crippen LogP contribution is -2.62. The van der Waals surface area contributed by atoms with Gasteiger partial charge in [0.25, 0.3) is 0 Å². The van der Waals surface area contributed by atoms with Crippen LogP contribution in [0.1, 0.15) is 61.3 Å². The predicted molar refractivity (Wildman–Crippen MR) is 104 cm³/mol. The van der Waals surface area contributed by atoms with E-state index in [9.17, 15) is 0 Å². The van der Waals surface area contributed by atoms with Crippen LogP contribution in [0.15, 0.2) is 61.2 Å². The van der Waals surface area contributed by atoms with Crippen LogP contribution in [-0.4, -0.2) is 10.5 Å². The van der Waals surface area contributed by atoms with E-state index in [-0.39, 0.29) is 5.54 Å². The standard InChI is InChI=1S/C25H26N/c1-3-14-25-21-11-7-5-9-19(21)23(2)18-8-4-6-10-20(18)24(15-17-12-13-17)16-22(25)26(23,24)25/h3-11,17,22H,1,12-16H2,2H3/q+1/t22?,23?,24-,25-,26?/m0/s1. The van der Waals surface area contributed by atoms with Gasteiger partial charge in [0, 0.05) is 35.1 Å². The Labute approximate surface area is 155 Å². The molecule has 1 nitrogen and oxygen atoms in total. The molecule has 130 valence electrons. The van der Waals surface area contributed by atoms with Crippen molar-refractivity contribution in [3.05, 3.63) is 83.4 Å². The Morgan fingerprint density at radius 2 is 1.62 bits per heavy atom. The third-order valence-corrected chi connectivity index (χ3v) is 9.14. The molecular weight excluding hydrogens is 314 g/mol. The van der Waals surface area contributed by atoms with Crippen LogP contribution in [0, 0.1) is 5.92 Å². The molecule has 0 bridgehead atoms. The maximum Gasteiger partial charge on any atom is 0.183 e. The zero-order valence-electron chi connectivity index (χ0n) is 15.5. The Balaban J connectivity index is 1.60. The molecule has 1 aliphatic carbocycles. The van der Waals surface area contributed by atoms with Crippen molar-refractivity contribution in [3.63, 3.8) is 0 Å². The number of hydrogen-bond acceptors (Lipinski definition) is 0. The maximum atomic E-state index is 4.19. The highest BCUT2D eigenvalue weighted by Crippen LogP contribution is 2.91. The highest BCUT2D eigenvalue weighted by Gasteiger charge is 3.03. The Morgan fingerprint density at radius 1 is 1.00 bits per heavy atom. The van der Waals surface area contributed by atoms with Gasteiger partial charge in [-0.2, -0.15) is 0 Å². The molecule has 0 aromatic heterocycles. The number of quaternary nitrogens is 1. The Bertz CT molecular complexity index is 1000. The minimum absolute atomic E-state index is 0.133. The van der Waals surface area contributed by atoms with Crippen LogP contribution in [0.5, 0.6) is 0 Å². The Morgan fingerprint density at radius 3 is 2.27 bits per heavy atom. The molecule has 2 aromatic carbocycles. The quantitative estimate of drug-likeness (QED) is 0.400. The van der Waals surface area contributed by atoms with Gasteiger partial charge in [-0.15, -0.1) is 6.58 Å². The molecule has 0 N–H and O–H groups in total. The maximum absolute atomic E-state index is 4.19. The lowest BCUT2D eigenvalue weighted by atomic mass is 9.75. The monoisotopic (exact) mass is 340 g/mol. The molecule has 7 rings (SSSR count). The molecule has 3 fully saturated rings. The van der Waals surface area contributed by atoms with Gasteiger partial charge in [0.2, 0.25) is 0 Å². The van der Waals surface area contributed by atoms with E-state index in [0.717, 1.165) is 18.4 Å². The first-order valence-corrected chi connectivity index (χ1v) is 10.4. The molecule has 4 heterocycles. The van der Waals surface area contributed by atoms with Gasteiger partial charge in [-0.3, -0.25) is 4.48 Å². The fourth-order valence-corrected chi connectivity index (χ4v) is 8.56. The van der Waals surface area contributed by atoms with E-state index in [1.807, 2.05) is 0 Å². The summed E-state index contributed by atoms with van der Waals surface area (Å²) in [5.74, 6) is 0.963. The topological polar surface area (TPSA) is 0 Å². The molecule has 1 saturated carbocycles. The molecule has 0 radical (unpaired) electrons. The lowest BCUT2D eigenvalue weighted by molar-refractivity contribution is -0.975. The molecule has 3 unspecified atom stereocenters. The van der Waals surface area contributed by atoms with Crippen LogP contribution in [-0.2, 0) is 16.6 Å². The number of benzene rings is 2. The number of fused-ring (bicyclic) bond motifs is 7. The minimum atomic E-state index is 0.133. The predicted octanol–water partition coefficient (Wildman–Crippen LogP) is 5.35. The summed E-state index contributed by atoms with van der Waals surface area (Å²) < 4.78 is 1.31. The van der Waals surface area contributed by atoms with Crippen molar-refractivity contribution < 1.29 is 4.48 Å². The van der Waals surface area contributed by atoms with E-state index in [0.29, 0.717) is 11.1 Å². The zero-order chi connectivity index (χ0) is 17.4. The summed E-state index contributed by atoms with van der Waals surface area (Å²) in [4.78, 5) is 0. The van der Waals surface area contributed by atoms with Gasteiger partial charge in [0.05, 0.1) is 6.42 Å². The molecule has 4 aliphatic heterocycles. The molecule has 2 aromatic rings. The molecular formula is C25H26N+. The summed E-state index contributed by atoms with van der Waals surface area (Å²) in [6.07, 6.45) is 9.03. The highest BCUT2D eigenvalue weighted by molar-refractivity contribution is 5.62. The average Bonchev–Trinajstić information content (AvgIpc) is 3.51. The largest absolute Gasteiger partial charge is 0.281 e. The molecule has 5 atom stereocenters. The van der Waals surface area contributed by atoms with Crippen LogP contribution in [0.3, 0.4) is 0 Å². The van der Waals surface area contributed by atoms with Gasteiger partial charge in [-0.25, -0.2) is 0 Å². The summed E-state index contributed by atoms with van der Waals surface area (Å²) in [6.45, 7) is 6.76. The van der Waals surface area contributed by atoms with Gasteiger partial charge in [-0.1, -0.05) is 54.6 Å². The second-order valence-electron chi connectivity index (χ2n) is 9.70. The second-order valence-corrected chi connectivity index (χ2v) is 9.70. The van der Waals surface area contributed by atoms with Crippen molar-refractivity contribution >= 4 is 0 Å². The van der Waals surface area contributed by atoms with Gasteiger partial charge >= 0.3 is 0 Å². The van der Waals surface area contributed by atoms with Crippen LogP contribution >= 0.6 is 0 Å². The van der Waals surface area contributed by atoms with Crippen molar-refractivity contribution in [1.82, 2.24) is 0 Å². The van der Waals surface area contributed by atoms with Gasteiger partial charge < -0.3 is 0 Å². The molecule has 1 spiro atoms. The number of hydrogen-bond donors (Lipinski definition) is 0. The van der Waals surface area contributed by atoms with Crippen LogP contribution in [0.4, 0.5) is 0 Å². The van der Waals surface area contributed by atoms with Crippen molar-refractivity contribution in [2.45, 2.75) is 61.7 Å². The van der Waals surface area contributed by atoms with Crippen molar-refractivity contribution in [2.24, 2.45) is 5.92 Å². The van der Waals surface area contributed by atoms with E-state index in [1.54, 1.807) is 22.3 Å². The SMILES string of the molecule is C=CC[C@]12c3ccccc3C3(C)c4ccccc4[C@]4(CC5CC5)CC1[N+]342. The number of rotatable bonds is 4. The fourth-order valence-electron chi connectivity index (χ4n) is 8.56. The van der Waals surface area contributed by atoms with Crippen LogP contribution in [0.2, 0.25) is 0 Å². The first kappa shape index (κ1) is 14.2. The van der Waals surface area contributed by atoms with Gasteiger partial charge in [-0.05, 0) is 25.7 Å². The van der Waals surface area contributed by atoms with Crippen molar-refractivity contribution in [3.8, 4) is 0 Å². The lowest BCUT2D eigenvalue weighted by Gasteiger charge is -2.51. The summed E-state index contributed by atoms with van der Waals surface area (Å²) in [7, 11) is 0. The molecule has 26 heavy (non-hydrogen) atoms. The molecule has 0 amide bonds. The molecule has 2 saturated heterocycles.